The first-order chi connectivity index (χ1) is 10.0. The van der Waals surface area contributed by atoms with Gasteiger partial charge in [0.2, 0.25) is 0 Å². The van der Waals surface area contributed by atoms with E-state index < -0.39 is 0 Å². The van der Waals surface area contributed by atoms with E-state index in [4.69, 9.17) is 0 Å². The van der Waals surface area contributed by atoms with Gasteiger partial charge in [-0.2, -0.15) is 0 Å². The molecule has 3 heteroatoms. The Hall–Kier alpha value is -1.87. The average Bonchev–Trinajstić information content (AvgIpc) is 2.89. The second-order valence-corrected chi connectivity index (χ2v) is 6.73. The molecule has 0 aliphatic carbocycles. The van der Waals surface area contributed by atoms with Gasteiger partial charge < -0.3 is 10.2 Å². The molecule has 1 aromatic heterocycles. The fraction of sp³-hybridized carbons (Fsp3) is 0.389. The zero-order valence-corrected chi connectivity index (χ0v) is 13.1. The van der Waals surface area contributed by atoms with E-state index in [1.807, 2.05) is 6.20 Å². The zero-order valence-electron chi connectivity index (χ0n) is 13.1. The van der Waals surface area contributed by atoms with E-state index in [9.17, 15) is 0 Å². The molecule has 1 N–H and O–H groups in total. The highest BCUT2D eigenvalue weighted by Crippen LogP contribution is 2.28. The molecular formula is C18H23N3. The standard InChI is InChI=1S/C18H23N3/c1-18(2,3)20-11-16-10-17(8-9-19-16)21-12-14-6-4-5-7-15(14)13-21/h4-10,20H,11-13H2,1-3H3. The quantitative estimate of drug-likeness (QED) is 0.933. The lowest BCUT2D eigenvalue weighted by molar-refractivity contribution is 0.421. The number of benzene rings is 1. The first-order valence-electron chi connectivity index (χ1n) is 7.53. The van der Waals surface area contributed by atoms with Crippen LogP contribution in [-0.4, -0.2) is 10.5 Å². The molecule has 2 aromatic rings. The van der Waals surface area contributed by atoms with Crippen molar-refractivity contribution in [3.63, 3.8) is 0 Å². The van der Waals surface area contributed by atoms with Gasteiger partial charge >= 0.3 is 0 Å². The molecule has 1 aromatic carbocycles. The third-order valence-electron chi connectivity index (χ3n) is 3.81. The maximum absolute atomic E-state index is 4.47. The van der Waals surface area contributed by atoms with Crippen LogP contribution in [0.5, 0.6) is 0 Å². The zero-order chi connectivity index (χ0) is 14.9. The lowest BCUT2D eigenvalue weighted by atomic mass is 10.1. The molecule has 3 nitrogen and oxygen atoms in total. The van der Waals surface area contributed by atoms with Crippen LogP contribution in [0.25, 0.3) is 0 Å². The summed E-state index contributed by atoms with van der Waals surface area (Å²) >= 11 is 0. The summed E-state index contributed by atoms with van der Waals surface area (Å²) in [6, 6.07) is 13.0. The Kier molecular flexibility index (Phi) is 3.68. The SMILES string of the molecule is CC(C)(C)NCc1cc(N2Cc3ccccc3C2)ccn1. The molecule has 0 radical (unpaired) electrons. The van der Waals surface area contributed by atoms with E-state index in [0.29, 0.717) is 0 Å². The lowest BCUT2D eigenvalue weighted by Gasteiger charge is -2.21. The summed E-state index contributed by atoms with van der Waals surface area (Å²) in [4.78, 5) is 6.88. The van der Waals surface area contributed by atoms with Crippen LogP contribution in [0, 0.1) is 0 Å². The molecule has 0 bridgehead atoms. The summed E-state index contributed by atoms with van der Waals surface area (Å²) in [6.07, 6.45) is 1.91. The average molecular weight is 281 g/mol. The highest BCUT2D eigenvalue weighted by molar-refractivity contribution is 5.52. The number of hydrogen-bond acceptors (Lipinski definition) is 3. The van der Waals surface area contributed by atoms with Gasteiger partial charge in [0.1, 0.15) is 0 Å². The normalized spacial score (nSPS) is 14.3. The molecule has 1 aliphatic heterocycles. The maximum atomic E-state index is 4.47. The molecule has 1 aliphatic rings. The Morgan fingerprint density at radius 1 is 1.10 bits per heavy atom. The highest BCUT2D eigenvalue weighted by Gasteiger charge is 2.19. The van der Waals surface area contributed by atoms with Gasteiger partial charge in [-0.05, 0) is 44.0 Å². The van der Waals surface area contributed by atoms with Crippen molar-refractivity contribution >= 4 is 5.69 Å². The molecular weight excluding hydrogens is 258 g/mol. The predicted molar refractivity (Wildman–Crippen MR) is 87.2 cm³/mol. The Labute approximate surface area is 127 Å². The molecule has 3 rings (SSSR count). The van der Waals surface area contributed by atoms with Gasteiger partial charge in [-0.15, -0.1) is 0 Å². The fourth-order valence-electron chi connectivity index (χ4n) is 2.63. The summed E-state index contributed by atoms with van der Waals surface area (Å²) in [5.41, 5.74) is 5.33. The Morgan fingerprint density at radius 3 is 2.38 bits per heavy atom. The molecule has 0 spiro atoms. The van der Waals surface area contributed by atoms with Crippen molar-refractivity contribution in [2.75, 3.05) is 4.90 Å². The van der Waals surface area contributed by atoms with Gasteiger partial charge in [-0.1, -0.05) is 24.3 Å². The van der Waals surface area contributed by atoms with E-state index in [-0.39, 0.29) is 5.54 Å². The number of rotatable bonds is 3. The third kappa shape index (κ3) is 3.42. The molecule has 2 heterocycles. The lowest BCUT2D eigenvalue weighted by Crippen LogP contribution is -2.35. The van der Waals surface area contributed by atoms with Crippen molar-refractivity contribution in [3.8, 4) is 0 Å². The van der Waals surface area contributed by atoms with Gasteiger partial charge in [0.05, 0.1) is 5.69 Å². The van der Waals surface area contributed by atoms with Crippen molar-refractivity contribution in [2.45, 2.75) is 45.9 Å². The smallest absolute Gasteiger partial charge is 0.0562 e. The van der Waals surface area contributed by atoms with E-state index in [0.717, 1.165) is 25.3 Å². The number of nitrogens with one attached hydrogen (secondary N) is 1. The van der Waals surface area contributed by atoms with Crippen LogP contribution < -0.4 is 10.2 Å². The molecule has 0 amide bonds. The second kappa shape index (κ2) is 5.49. The Balaban J connectivity index is 1.73. The fourth-order valence-corrected chi connectivity index (χ4v) is 2.63. The van der Waals surface area contributed by atoms with Crippen LogP contribution in [0.2, 0.25) is 0 Å². The topological polar surface area (TPSA) is 28.2 Å². The van der Waals surface area contributed by atoms with E-state index >= 15 is 0 Å². The van der Waals surface area contributed by atoms with Gasteiger partial charge in [0.15, 0.2) is 0 Å². The number of aromatic nitrogens is 1. The van der Waals surface area contributed by atoms with Crippen LogP contribution in [-0.2, 0) is 19.6 Å². The third-order valence-corrected chi connectivity index (χ3v) is 3.81. The predicted octanol–water partition coefficient (Wildman–Crippen LogP) is 3.49. The molecule has 0 unspecified atom stereocenters. The van der Waals surface area contributed by atoms with Crippen molar-refractivity contribution in [1.82, 2.24) is 10.3 Å². The Bertz CT molecular complexity index is 603. The van der Waals surface area contributed by atoms with Crippen LogP contribution >= 0.6 is 0 Å². The van der Waals surface area contributed by atoms with Gasteiger partial charge in [-0.3, -0.25) is 4.98 Å². The first kappa shape index (κ1) is 14.1. The second-order valence-electron chi connectivity index (χ2n) is 6.73. The maximum Gasteiger partial charge on any atom is 0.0562 e. The van der Waals surface area contributed by atoms with Crippen LogP contribution in [0.15, 0.2) is 42.6 Å². The minimum absolute atomic E-state index is 0.113. The number of anilines is 1. The van der Waals surface area contributed by atoms with Crippen LogP contribution in [0.3, 0.4) is 0 Å². The van der Waals surface area contributed by atoms with Crippen LogP contribution in [0.4, 0.5) is 5.69 Å². The number of pyridine rings is 1. The van der Waals surface area contributed by atoms with Crippen molar-refractivity contribution in [2.24, 2.45) is 0 Å². The van der Waals surface area contributed by atoms with Crippen LogP contribution in [0.1, 0.15) is 37.6 Å². The van der Waals surface area contributed by atoms with E-state index in [1.54, 1.807) is 0 Å². The molecule has 0 saturated carbocycles. The van der Waals surface area contributed by atoms with E-state index in [2.05, 4.69) is 72.4 Å². The molecule has 0 saturated heterocycles. The summed E-state index contributed by atoms with van der Waals surface area (Å²) in [6.45, 7) is 9.31. The molecule has 0 atom stereocenters. The minimum Gasteiger partial charge on any atom is -0.363 e. The highest BCUT2D eigenvalue weighted by atomic mass is 15.1. The molecule has 110 valence electrons. The summed E-state index contributed by atoms with van der Waals surface area (Å²) in [7, 11) is 0. The molecule has 21 heavy (non-hydrogen) atoms. The largest absolute Gasteiger partial charge is 0.363 e. The van der Waals surface area contributed by atoms with Gasteiger partial charge in [-0.25, -0.2) is 0 Å². The number of nitrogens with zero attached hydrogens (tertiary/aromatic N) is 2. The minimum atomic E-state index is 0.113. The van der Waals surface area contributed by atoms with Gasteiger partial charge in [0, 0.05) is 37.1 Å². The summed E-state index contributed by atoms with van der Waals surface area (Å²) < 4.78 is 0. The van der Waals surface area contributed by atoms with Gasteiger partial charge in [0.25, 0.3) is 0 Å². The number of hydrogen-bond donors (Lipinski definition) is 1. The van der Waals surface area contributed by atoms with E-state index in [1.165, 1.54) is 16.8 Å². The monoisotopic (exact) mass is 281 g/mol. The van der Waals surface area contributed by atoms with Crippen molar-refractivity contribution < 1.29 is 0 Å². The van der Waals surface area contributed by atoms with Crippen molar-refractivity contribution in [3.05, 3.63) is 59.4 Å². The summed E-state index contributed by atoms with van der Waals surface area (Å²) in [5, 5.41) is 3.49. The Morgan fingerprint density at radius 2 is 1.76 bits per heavy atom. The number of fused-ring (bicyclic) bond motifs is 1. The summed E-state index contributed by atoms with van der Waals surface area (Å²) in [5.74, 6) is 0. The molecule has 0 fully saturated rings. The van der Waals surface area contributed by atoms with Crippen molar-refractivity contribution in [1.29, 1.82) is 0 Å². The first-order valence-corrected chi connectivity index (χ1v) is 7.53.